The summed E-state index contributed by atoms with van der Waals surface area (Å²) in [5.74, 6) is 0.501. The fraction of sp³-hybridized carbons (Fsp3) is 0.667. The second kappa shape index (κ2) is 5.25. The van der Waals surface area contributed by atoms with Gasteiger partial charge in [-0.25, -0.2) is 0 Å². The fourth-order valence-electron chi connectivity index (χ4n) is 3.95. The monoisotopic (exact) mass is 278 g/mol. The van der Waals surface area contributed by atoms with E-state index in [2.05, 4.69) is 27.7 Å². The van der Waals surface area contributed by atoms with E-state index in [1.165, 1.54) is 24.1 Å². The van der Waals surface area contributed by atoms with Gasteiger partial charge >= 0.3 is 0 Å². The summed E-state index contributed by atoms with van der Waals surface area (Å²) in [4.78, 5) is 16.0. The van der Waals surface area contributed by atoms with E-state index < -0.39 is 0 Å². The number of amides is 1. The molecule has 1 amide bonds. The van der Waals surface area contributed by atoms with Gasteiger partial charge in [-0.2, -0.15) is 0 Å². The predicted molar refractivity (Wildman–Crippen MR) is 78.1 cm³/mol. The van der Waals surface area contributed by atoms with E-state index >= 15 is 0 Å². The van der Waals surface area contributed by atoms with Crippen molar-refractivity contribution in [3.8, 4) is 0 Å². The quantitative estimate of drug-likeness (QED) is 0.921. The van der Waals surface area contributed by atoms with Crippen LogP contribution in [0.1, 0.15) is 30.6 Å². The third kappa shape index (κ3) is 2.43. The number of hydrogen-bond acceptors (Lipinski definition) is 3. The van der Waals surface area contributed by atoms with Crippen LogP contribution in [0.15, 0.2) is 17.5 Å². The summed E-state index contributed by atoms with van der Waals surface area (Å²) in [5, 5.41) is 5.01. The lowest BCUT2D eigenvalue weighted by atomic mass is 9.76. The van der Waals surface area contributed by atoms with Crippen molar-refractivity contribution < 1.29 is 4.79 Å². The number of rotatable bonds is 3. The van der Waals surface area contributed by atoms with Crippen LogP contribution in [0.5, 0.6) is 0 Å². The molecule has 2 heterocycles. The van der Waals surface area contributed by atoms with Gasteiger partial charge in [0.05, 0.1) is 0 Å². The highest BCUT2D eigenvalue weighted by atomic mass is 32.1. The van der Waals surface area contributed by atoms with Gasteiger partial charge in [-0.15, -0.1) is 11.3 Å². The van der Waals surface area contributed by atoms with E-state index in [-0.39, 0.29) is 17.2 Å². The van der Waals surface area contributed by atoms with E-state index in [4.69, 9.17) is 0 Å². The number of nitrogens with zero attached hydrogens (tertiary/aromatic N) is 1. The first kappa shape index (κ1) is 13.1. The minimum Gasteiger partial charge on any atom is -0.359 e. The molecule has 1 N–H and O–H groups in total. The van der Waals surface area contributed by atoms with Crippen molar-refractivity contribution >= 4 is 17.2 Å². The van der Waals surface area contributed by atoms with Crippen molar-refractivity contribution in [2.75, 3.05) is 20.1 Å². The van der Waals surface area contributed by atoms with Gasteiger partial charge in [0.15, 0.2) is 0 Å². The summed E-state index contributed by atoms with van der Waals surface area (Å²) >= 11 is 1.83. The maximum atomic E-state index is 12.1. The summed E-state index contributed by atoms with van der Waals surface area (Å²) < 4.78 is 0. The Morgan fingerprint density at radius 1 is 1.58 bits per heavy atom. The molecule has 104 valence electrons. The summed E-state index contributed by atoms with van der Waals surface area (Å²) in [7, 11) is 1.77. The molecule has 1 aliphatic carbocycles. The SMILES string of the molecule is CNC(=O)[C@@H]1CCC[C@]12CCN(Cc1cccs1)C2. The smallest absolute Gasteiger partial charge is 0.223 e. The molecule has 19 heavy (non-hydrogen) atoms. The molecule has 1 aliphatic heterocycles. The average Bonchev–Trinajstić information content (AvgIpc) is 3.13. The summed E-state index contributed by atoms with van der Waals surface area (Å²) in [6.45, 7) is 3.30. The zero-order valence-electron chi connectivity index (χ0n) is 11.5. The zero-order chi connectivity index (χ0) is 13.3. The zero-order valence-corrected chi connectivity index (χ0v) is 12.3. The lowest BCUT2D eigenvalue weighted by molar-refractivity contribution is -0.127. The summed E-state index contributed by atoms with van der Waals surface area (Å²) in [6, 6.07) is 4.33. The van der Waals surface area contributed by atoms with Gasteiger partial charge in [0.2, 0.25) is 5.91 Å². The number of carbonyl (C=O) groups is 1. The highest BCUT2D eigenvalue weighted by Gasteiger charge is 2.49. The van der Waals surface area contributed by atoms with Crippen LogP contribution in [0.4, 0.5) is 0 Å². The van der Waals surface area contributed by atoms with Crippen LogP contribution in [0.3, 0.4) is 0 Å². The van der Waals surface area contributed by atoms with Gasteiger partial charge < -0.3 is 5.32 Å². The lowest BCUT2D eigenvalue weighted by Gasteiger charge is -2.30. The Morgan fingerprint density at radius 3 is 3.21 bits per heavy atom. The van der Waals surface area contributed by atoms with E-state index in [9.17, 15) is 4.79 Å². The van der Waals surface area contributed by atoms with Crippen molar-refractivity contribution in [2.24, 2.45) is 11.3 Å². The van der Waals surface area contributed by atoms with Gasteiger partial charge in [0, 0.05) is 30.9 Å². The molecule has 0 unspecified atom stereocenters. The van der Waals surface area contributed by atoms with E-state index in [1.54, 1.807) is 7.05 Å². The molecule has 1 aromatic rings. The lowest BCUT2D eigenvalue weighted by Crippen LogP contribution is -2.39. The second-order valence-electron chi connectivity index (χ2n) is 5.96. The minimum atomic E-state index is 0.242. The van der Waals surface area contributed by atoms with Crippen molar-refractivity contribution in [1.29, 1.82) is 0 Å². The van der Waals surface area contributed by atoms with Crippen molar-refractivity contribution in [3.05, 3.63) is 22.4 Å². The van der Waals surface area contributed by atoms with Gasteiger partial charge in [-0.3, -0.25) is 9.69 Å². The normalized spacial score (nSPS) is 31.1. The van der Waals surface area contributed by atoms with Gasteiger partial charge in [0.25, 0.3) is 0 Å². The third-order valence-electron chi connectivity index (χ3n) is 4.89. The molecule has 0 aromatic carbocycles. The van der Waals surface area contributed by atoms with Gasteiger partial charge in [0.1, 0.15) is 0 Å². The Hall–Kier alpha value is -0.870. The first-order valence-electron chi connectivity index (χ1n) is 7.20. The molecule has 0 bridgehead atoms. The fourth-order valence-corrected chi connectivity index (χ4v) is 4.70. The molecule has 1 saturated heterocycles. The molecular weight excluding hydrogens is 256 g/mol. The van der Waals surface area contributed by atoms with E-state index in [1.807, 2.05) is 11.3 Å². The maximum absolute atomic E-state index is 12.1. The molecule has 3 nitrogen and oxygen atoms in total. The van der Waals surface area contributed by atoms with Crippen LogP contribution in [-0.2, 0) is 11.3 Å². The van der Waals surface area contributed by atoms with E-state index in [0.29, 0.717) is 0 Å². The highest BCUT2D eigenvalue weighted by molar-refractivity contribution is 7.09. The van der Waals surface area contributed by atoms with Gasteiger partial charge in [-0.05, 0) is 42.7 Å². The summed E-state index contributed by atoms with van der Waals surface area (Å²) in [5.41, 5.74) is 0.261. The Labute approximate surface area is 119 Å². The van der Waals surface area contributed by atoms with Crippen LogP contribution < -0.4 is 5.32 Å². The molecule has 1 aromatic heterocycles. The molecule has 3 rings (SSSR count). The molecule has 2 atom stereocenters. The minimum absolute atomic E-state index is 0.242. The van der Waals surface area contributed by atoms with Crippen LogP contribution in [-0.4, -0.2) is 30.9 Å². The molecule has 0 radical (unpaired) electrons. The highest BCUT2D eigenvalue weighted by Crippen LogP contribution is 2.50. The van der Waals surface area contributed by atoms with Crippen LogP contribution >= 0.6 is 11.3 Å². The molecular formula is C15H22N2OS. The van der Waals surface area contributed by atoms with Crippen LogP contribution in [0.2, 0.25) is 0 Å². The van der Waals surface area contributed by atoms with E-state index in [0.717, 1.165) is 26.1 Å². The first-order chi connectivity index (χ1) is 9.23. The number of hydrogen-bond donors (Lipinski definition) is 1. The van der Waals surface area contributed by atoms with Crippen molar-refractivity contribution in [3.63, 3.8) is 0 Å². The van der Waals surface area contributed by atoms with Gasteiger partial charge in [-0.1, -0.05) is 12.5 Å². The Kier molecular flexibility index (Phi) is 3.63. The maximum Gasteiger partial charge on any atom is 0.223 e. The Bertz CT molecular complexity index is 445. The molecule has 4 heteroatoms. The second-order valence-corrected chi connectivity index (χ2v) is 6.99. The van der Waals surface area contributed by atoms with Crippen molar-refractivity contribution in [1.82, 2.24) is 10.2 Å². The number of thiophene rings is 1. The Morgan fingerprint density at radius 2 is 2.47 bits per heavy atom. The topological polar surface area (TPSA) is 32.3 Å². The largest absolute Gasteiger partial charge is 0.359 e. The standard InChI is InChI=1S/C15H22N2OS/c1-16-14(18)13-5-2-6-15(13)7-8-17(11-15)10-12-4-3-9-19-12/h3-4,9,13H,2,5-8,10-11H2,1H3,(H,16,18)/t13-,15+/m0/s1. The molecule has 2 aliphatic rings. The number of carbonyl (C=O) groups excluding carboxylic acids is 1. The molecule has 2 fully saturated rings. The third-order valence-corrected chi connectivity index (χ3v) is 5.75. The van der Waals surface area contributed by atoms with Crippen molar-refractivity contribution in [2.45, 2.75) is 32.2 Å². The number of likely N-dealkylation sites (tertiary alicyclic amines) is 1. The van der Waals surface area contributed by atoms with Crippen LogP contribution in [0.25, 0.3) is 0 Å². The average molecular weight is 278 g/mol. The number of nitrogens with one attached hydrogen (secondary N) is 1. The molecule has 1 spiro atoms. The Balaban J connectivity index is 1.68. The summed E-state index contributed by atoms with van der Waals surface area (Å²) in [6.07, 6.45) is 4.71. The van der Waals surface area contributed by atoms with Crippen LogP contribution in [0, 0.1) is 11.3 Å². The molecule has 1 saturated carbocycles. The predicted octanol–water partition coefficient (Wildman–Crippen LogP) is 2.49. The first-order valence-corrected chi connectivity index (χ1v) is 8.08.